The van der Waals surface area contributed by atoms with E-state index in [1.807, 2.05) is 18.2 Å². The van der Waals surface area contributed by atoms with Gasteiger partial charge in [-0.1, -0.05) is 0 Å². The quantitative estimate of drug-likeness (QED) is 0.265. The van der Waals surface area contributed by atoms with Gasteiger partial charge in [0.2, 0.25) is 10.0 Å². The summed E-state index contributed by atoms with van der Waals surface area (Å²) in [6.45, 7) is 0. The van der Waals surface area contributed by atoms with Gasteiger partial charge < -0.3 is 16.0 Å². The van der Waals surface area contributed by atoms with Crippen molar-refractivity contribution < 1.29 is 12.8 Å². The summed E-state index contributed by atoms with van der Waals surface area (Å²) in [6, 6.07) is 15.9. The molecule has 3 aromatic carbocycles. The number of nitrogens with zero attached hydrogens (tertiary/aromatic N) is 2. The van der Waals surface area contributed by atoms with Gasteiger partial charge in [-0.2, -0.15) is 0 Å². The number of fused-ring (bicyclic) bond motifs is 1. The van der Waals surface area contributed by atoms with Gasteiger partial charge in [0, 0.05) is 22.4 Å². The van der Waals surface area contributed by atoms with Gasteiger partial charge in [-0.15, -0.1) is 0 Å². The SMILES string of the molecule is NS(=O)(=O)c1ccc(NC(=S)Nc2ccc3ncnc(Nc4ccc(F)c(Br)c4)c3c2)cc1. The summed E-state index contributed by atoms with van der Waals surface area (Å²) >= 11 is 8.53. The van der Waals surface area contributed by atoms with Crippen molar-refractivity contribution in [1.82, 2.24) is 9.97 Å². The number of nitrogens with one attached hydrogen (secondary N) is 3. The predicted octanol–water partition coefficient (Wildman–Crippen LogP) is 4.73. The fraction of sp³-hybridized carbons (Fsp3) is 0. The minimum atomic E-state index is -3.76. The van der Waals surface area contributed by atoms with E-state index < -0.39 is 10.0 Å². The number of halogens is 2. The van der Waals surface area contributed by atoms with Gasteiger partial charge in [0.15, 0.2) is 5.11 Å². The highest BCUT2D eigenvalue weighted by molar-refractivity contribution is 9.10. The Morgan fingerprint density at radius 2 is 1.61 bits per heavy atom. The summed E-state index contributed by atoms with van der Waals surface area (Å²) < 4.78 is 36.6. The average Bonchev–Trinajstić information content (AvgIpc) is 2.76. The van der Waals surface area contributed by atoms with Gasteiger partial charge in [-0.25, -0.2) is 27.9 Å². The molecule has 5 N–H and O–H groups in total. The zero-order chi connectivity index (χ0) is 23.6. The number of primary sulfonamides is 1. The second-order valence-electron chi connectivity index (χ2n) is 6.86. The van der Waals surface area contributed by atoms with Crippen molar-refractivity contribution in [3.8, 4) is 0 Å². The zero-order valence-electron chi connectivity index (χ0n) is 16.7. The Balaban J connectivity index is 1.53. The van der Waals surface area contributed by atoms with Crippen LogP contribution in [0.25, 0.3) is 10.9 Å². The smallest absolute Gasteiger partial charge is 0.238 e. The molecule has 4 rings (SSSR count). The van der Waals surface area contributed by atoms with Crippen molar-refractivity contribution in [2.24, 2.45) is 5.14 Å². The molecule has 0 atom stereocenters. The summed E-state index contributed by atoms with van der Waals surface area (Å²) in [6.07, 6.45) is 1.44. The van der Waals surface area contributed by atoms with Gasteiger partial charge in [0.1, 0.15) is 18.0 Å². The number of nitrogens with two attached hydrogens (primary N) is 1. The Kier molecular flexibility index (Phi) is 6.51. The molecular formula is C21H16BrFN6O2S2. The van der Waals surface area contributed by atoms with Crippen LogP contribution in [0.5, 0.6) is 0 Å². The fourth-order valence-electron chi connectivity index (χ4n) is 2.97. The molecule has 0 bridgehead atoms. The van der Waals surface area contributed by atoms with Gasteiger partial charge in [0.25, 0.3) is 0 Å². The molecule has 0 aliphatic carbocycles. The molecule has 33 heavy (non-hydrogen) atoms. The van der Waals surface area contributed by atoms with Crippen LogP contribution in [-0.2, 0) is 10.0 Å². The molecule has 0 saturated heterocycles. The summed E-state index contributed by atoms with van der Waals surface area (Å²) in [4.78, 5) is 8.59. The lowest BCUT2D eigenvalue weighted by Gasteiger charge is -2.13. The molecule has 0 unspecified atom stereocenters. The summed E-state index contributed by atoms with van der Waals surface area (Å²) in [5.74, 6) is 0.180. The van der Waals surface area contributed by atoms with Gasteiger partial charge in [0.05, 0.1) is 14.9 Å². The highest BCUT2D eigenvalue weighted by atomic mass is 79.9. The van der Waals surface area contributed by atoms with Crippen LogP contribution in [0.4, 0.5) is 27.3 Å². The first-order valence-corrected chi connectivity index (χ1v) is 12.1. The predicted molar refractivity (Wildman–Crippen MR) is 135 cm³/mol. The molecule has 8 nitrogen and oxygen atoms in total. The molecule has 0 radical (unpaired) electrons. The largest absolute Gasteiger partial charge is 0.340 e. The third-order valence-corrected chi connectivity index (χ3v) is 6.26. The van der Waals surface area contributed by atoms with Crippen LogP contribution < -0.4 is 21.1 Å². The van der Waals surface area contributed by atoms with Crippen molar-refractivity contribution >= 4 is 77.1 Å². The minimum Gasteiger partial charge on any atom is -0.340 e. The Labute approximate surface area is 202 Å². The van der Waals surface area contributed by atoms with Crippen LogP contribution in [0.1, 0.15) is 0 Å². The Morgan fingerprint density at radius 1 is 0.939 bits per heavy atom. The number of thiocarbonyl (C=S) groups is 1. The van der Waals surface area contributed by atoms with E-state index in [1.54, 1.807) is 24.3 Å². The Hall–Kier alpha value is -3.19. The summed E-state index contributed by atoms with van der Waals surface area (Å²) in [7, 11) is -3.76. The third kappa shape index (κ3) is 5.60. The van der Waals surface area contributed by atoms with E-state index in [0.29, 0.717) is 38.0 Å². The van der Waals surface area contributed by atoms with E-state index in [1.165, 1.54) is 24.5 Å². The first-order chi connectivity index (χ1) is 15.7. The first kappa shape index (κ1) is 23.0. The van der Waals surface area contributed by atoms with Gasteiger partial charge in [-0.05, 0) is 88.8 Å². The molecular weight excluding hydrogens is 531 g/mol. The van der Waals surface area contributed by atoms with E-state index in [4.69, 9.17) is 17.4 Å². The van der Waals surface area contributed by atoms with Gasteiger partial charge >= 0.3 is 0 Å². The fourth-order valence-corrected chi connectivity index (χ4v) is 4.10. The maximum atomic E-state index is 13.5. The highest BCUT2D eigenvalue weighted by Crippen LogP contribution is 2.28. The van der Waals surface area contributed by atoms with E-state index in [-0.39, 0.29) is 10.7 Å². The number of hydrogen-bond donors (Lipinski definition) is 4. The molecule has 1 aromatic heterocycles. The Bertz CT molecular complexity index is 1470. The van der Waals surface area contributed by atoms with Crippen molar-refractivity contribution in [3.05, 3.63) is 77.3 Å². The average molecular weight is 547 g/mol. The summed E-state index contributed by atoms with van der Waals surface area (Å²) in [5, 5.41) is 15.4. The van der Waals surface area contributed by atoms with E-state index in [0.717, 1.165) is 5.39 Å². The van der Waals surface area contributed by atoms with Crippen molar-refractivity contribution in [3.63, 3.8) is 0 Å². The second kappa shape index (κ2) is 9.35. The molecule has 0 amide bonds. The lowest BCUT2D eigenvalue weighted by atomic mass is 10.2. The molecule has 0 fully saturated rings. The second-order valence-corrected chi connectivity index (χ2v) is 9.68. The maximum Gasteiger partial charge on any atom is 0.238 e. The first-order valence-electron chi connectivity index (χ1n) is 9.37. The van der Waals surface area contributed by atoms with Crippen LogP contribution >= 0.6 is 28.1 Å². The van der Waals surface area contributed by atoms with Gasteiger partial charge in [-0.3, -0.25) is 0 Å². The molecule has 1 heterocycles. The normalized spacial score (nSPS) is 11.2. The lowest BCUT2D eigenvalue weighted by Crippen LogP contribution is -2.19. The topological polar surface area (TPSA) is 122 Å². The van der Waals surface area contributed by atoms with Crippen LogP contribution in [0, 0.1) is 5.82 Å². The molecule has 0 aliphatic rings. The zero-order valence-corrected chi connectivity index (χ0v) is 19.9. The number of benzene rings is 3. The molecule has 0 spiro atoms. The van der Waals surface area contributed by atoms with E-state index in [2.05, 4.69) is 41.8 Å². The molecule has 0 saturated carbocycles. The summed E-state index contributed by atoms with van der Waals surface area (Å²) in [5.41, 5.74) is 2.63. The van der Waals surface area contributed by atoms with Crippen LogP contribution in [0.3, 0.4) is 0 Å². The molecule has 12 heteroatoms. The number of rotatable bonds is 5. The minimum absolute atomic E-state index is 0.00895. The Morgan fingerprint density at radius 3 is 2.30 bits per heavy atom. The number of sulfonamides is 1. The standard InChI is InChI=1S/C21H16BrFN6O2S2/c22-17-10-14(3-7-18(17)23)27-20-16-9-13(4-8-19(16)25-11-26-20)29-21(32)28-12-1-5-15(6-2-12)33(24,30)31/h1-11H,(H2,24,30,31)(H,25,26,27)(H2,28,29,32). The van der Waals surface area contributed by atoms with Crippen LogP contribution in [-0.4, -0.2) is 23.5 Å². The third-order valence-electron chi connectivity index (χ3n) is 4.52. The molecule has 0 aliphatic heterocycles. The van der Waals surface area contributed by atoms with Crippen molar-refractivity contribution in [2.45, 2.75) is 4.90 Å². The molecule has 168 valence electrons. The van der Waals surface area contributed by atoms with Crippen LogP contribution in [0.15, 0.2) is 76.4 Å². The van der Waals surface area contributed by atoms with Crippen molar-refractivity contribution in [2.75, 3.05) is 16.0 Å². The molecule has 4 aromatic rings. The van der Waals surface area contributed by atoms with E-state index >= 15 is 0 Å². The van der Waals surface area contributed by atoms with Crippen molar-refractivity contribution in [1.29, 1.82) is 0 Å². The highest BCUT2D eigenvalue weighted by Gasteiger charge is 2.09. The monoisotopic (exact) mass is 546 g/mol. The van der Waals surface area contributed by atoms with Crippen LogP contribution in [0.2, 0.25) is 0 Å². The lowest BCUT2D eigenvalue weighted by molar-refractivity contribution is 0.598. The number of anilines is 4. The number of hydrogen-bond acceptors (Lipinski definition) is 6. The number of aromatic nitrogens is 2. The van der Waals surface area contributed by atoms with E-state index in [9.17, 15) is 12.8 Å². The maximum absolute atomic E-state index is 13.5.